The molecule has 1 saturated heterocycles. The van der Waals surface area contributed by atoms with E-state index in [9.17, 15) is 26.4 Å². The molecule has 2 heterocycles. The van der Waals surface area contributed by atoms with Crippen LogP contribution in [0, 0.1) is 0 Å². The van der Waals surface area contributed by atoms with Gasteiger partial charge in [0.25, 0.3) is 0 Å². The maximum absolute atomic E-state index is 12.9. The lowest BCUT2D eigenvalue weighted by Crippen LogP contribution is -2.48. The van der Waals surface area contributed by atoms with Crippen LogP contribution in [0.1, 0.15) is 24.1 Å². The van der Waals surface area contributed by atoms with Crippen molar-refractivity contribution < 1.29 is 26.4 Å². The summed E-state index contributed by atoms with van der Waals surface area (Å²) in [5, 5.41) is 0. The maximum Gasteiger partial charge on any atom is 0.416 e. The standard InChI is InChI=1S/C22H27F3N4O3S/c1-28(19-9-13-29(14-10-19)12-8-18-6-2-3-11-26-18)21(30)16-27-33(31,32)20-7-4-5-17(15-20)22(23,24)25/h2-7,11,15,19,27H,8-10,12-14,16H2,1H3. The molecule has 7 nitrogen and oxygen atoms in total. The van der Waals surface area contributed by atoms with Crippen LogP contribution in [0.25, 0.3) is 0 Å². The summed E-state index contributed by atoms with van der Waals surface area (Å²) in [7, 11) is -2.64. The van der Waals surface area contributed by atoms with Gasteiger partial charge in [-0.25, -0.2) is 13.1 Å². The van der Waals surface area contributed by atoms with E-state index in [1.165, 1.54) is 4.90 Å². The Morgan fingerprint density at radius 2 is 1.91 bits per heavy atom. The molecule has 0 unspecified atom stereocenters. The highest BCUT2D eigenvalue weighted by molar-refractivity contribution is 7.89. The van der Waals surface area contributed by atoms with Crippen LogP contribution in [-0.4, -0.2) is 68.4 Å². The number of carbonyl (C=O) groups is 1. The molecule has 1 aromatic carbocycles. The first-order chi connectivity index (χ1) is 15.6. The first-order valence-electron chi connectivity index (χ1n) is 10.6. The predicted molar refractivity (Wildman–Crippen MR) is 117 cm³/mol. The lowest BCUT2D eigenvalue weighted by atomic mass is 10.0. The Balaban J connectivity index is 1.48. The van der Waals surface area contributed by atoms with Crippen LogP contribution in [0.15, 0.2) is 53.6 Å². The number of hydrogen-bond acceptors (Lipinski definition) is 5. The summed E-state index contributed by atoms with van der Waals surface area (Å²) in [5.41, 5.74) is -0.0383. The number of likely N-dealkylation sites (tertiary alicyclic amines) is 1. The third kappa shape index (κ3) is 6.99. The van der Waals surface area contributed by atoms with Crippen molar-refractivity contribution in [2.75, 3.05) is 33.2 Å². The third-order valence-corrected chi connectivity index (χ3v) is 7.19. The van der Waals surface area contributed by atoms with E-state index < -0.39 is 39.1 Å². The predicted octanol–water partition coefficient (Wildman–Crippen LogP) is 2.54. The molecule has 1 amide bonds. The van der Waals surface area contributed by atoms with Crippen molar-refractivity contribution in [3.8, 4) is 0 Å². The van der Waals surface area contributed by atoms with E-state index in [0.717, 1.165) is 62.8 Å². The van der Waals surface area contributed by atoms with Crippen LogP contribution in [0.4, 0.5) is 13.2 Å². The van der Waals surface area contributed by atoms with Gasteiger partial charge in [0.15, 0.2) is 0 Å². The van der Waals surface area contributed by atoms with Crippen molar-refractivity contribution >= 4 is 15.9 Å². The highest BCUT2D eigenvalue weighted by atomic mass is 32.2. The van der Waals surface area contributed by atoms with Crippen molar-refractivity contribution in [3.05, 3.63) is 59.9 Å². The molecule has 1 N–H and O–H groups in total. The molecule has 1 fully saturated rings. The Morgan fingerprint density at radius 1 is 1.18 bits per heavy atom. The number of amides is 1. The molecule has 3 rings (SSSR count). The molecular formula is C22H27F3N4O3S. The Labute approximate surface area is 191 Å². The molecule has 1 aromatic heterocycles. The van der Waals surface area contributed by atoms with E-state index in [2.05, 4.69) is 14.6 Å². The van der Waals surface area contributed by atoms with Crippen molar-refractivity contribution in [3.63, 3.8) is 0 Å². The average Bonchev–Trinajstić information content (AvgIpc) is 2.81. The molecule has 1 aliphatic rings. The van der Waals surface area contributed by atoms with Crippen LogP contribution >= 0.6 is 0 Å². The van der Waals surface area contributed by atoms with Crippen molar-refractivity contribution in [2.24, 2.45) is 0 Å². The molecular weight excluding hydrogens is 457 g/mol. The van der Waals surface area contributed by atoms with Gasteiger partial charge < -0.3 is 9.80 Å². The summed E-state index contributed by atoms with van der Waals surface area (Å²) in [6.07, 6.45) is -0.537. The first kappa shape index (κ1) is 25.1. The van der Waals surface area contributed by atoms with Crippen LogP contribution < -0.4 is 4.72 Å². The zero-order valence-corrected chi connectivity index (χ0v) is 19.1. The zero-order chi connectivity index (χ0) is 24.1. The van der Waals surface area contributed by atoms with E-state index in [4.69, 9.17) is 0 Å². The molecule has 0 radical (unpaired) electrons. The van der Waals surface area contributed by atoms with Gasteiger partial charge in [0.1, 0.15) is 0 Å². The van der Waals surface area contributed by atoms with Gasteiger partial charge in [-0.1, -0.05) is 12.1 Å². The summed E-state index contributed by atoms with van der Waals surface area (Å²) < 4.78 is 65.5. The number of halogens is 3. The molecule has 0 atom stereocenters. The van der Waals surface area contributed by atoms with E-state index in [1.807, 2.05) is 18.2 Å². The molecule has 0 saturated carbocycles. The number of likely N-dealkylation sites (N-methyl/N-ethyl adjacent to an activating group) is 1. The van der Waals surface area contributed by atoms with Gasteiger partial charge >= 0.3 is 6.18 Å². The molecule has 180 valence electrons. The van der Waals surface area contributed by atoms with Crippen molar-refractivity contribution in [2.45, 2.75) is 36.4 Å². The smallest absolute Gasteiger partial charge is 0.342 e. The van der Waals surface area contributed by atoms with Crippen molar-refractivity contribution in [1.82, 2.24) is 19.5 Å². The second-order valence-electron chi connectivity index (χ2n) is 8.00. The number of pyridine rings is 1. The minimum Gasteiger partial charge on any atom is -0.342 e. The number of aromatic nitrogens is 1. The molecule has 0 aliphatic carbocycles. The lowest BCUT2D eigenvalue weighted by molar-refractivity contribution is -0.137. The minimum atomic E-state index is -4.66. The topological polar surface area (TPSA) is 82.6 Å². The molecule has 0 bridgehead atoms. The summed E-state index contributed by atoms with van der Waals surface area (Å²) in [6.45, 7) is 1.98. The summed E-state index contributed by atoms with van der Waals surface area (Å²) in [6, 6.07) is 9.22. The van der Waals surface area contributed by atoms with E-state index in [1.54, 1.807) is 13.2 Å². The highest BCUT2D eigenvalue weighted by Crippen LogP contribution is 2.30. The van der Waals surface area contributed by atoms with Crippen LogP contribution in [-0.2, 0) is 27.4 Å². The average molecular weight is 485 g/mol. The number of rotatable bonds is 8. The lowest BCUT2D eigenvalue weighted by Gasteiger charge is -2.36. The van der Waals surface area contributed by atoms with Gasteiger partial charge in [-0.15, -0.1) is 0 Å². The van der Waals surface area contributed by atoms with Gasteiger partial charge in [0.2, 0.25) is 15.9 Å². The van der Waals surface area contributed by atoms with Crippen LogP contribution in [0.5, 0.6) is 0 Å². The number of nitrogens with zero attached hydrogens (tertiary/aromatic N) is 3. The Morgan fingerprint density at radius 3 is 2.55 bits per heavy atom. The zero-order valence-electron chi connectivity index (χ0n) is 18.3. The summed E-state index contributed by atoms with van der Waals surface area (Å²) >= 11 is 0. The largest absolute Gasteiger partial charge is 0.416 e. The number of sulfonamides is 1. The second kappa shape index (κ2) is 10.6. The van der Waals surface area contributed by atoms with Gasteiger partial charge in [0.05, 0.1) is 17.0 Å². The first-order valence-corrected chi connectivity index (χ1v) is 12.1. The number of piperidine rings is 1. The van der Waals surface area contributed by atoms with E-state index in [-0.39, 0.29) is 6.04 Å². The van der Waals surface area contributed by atoms with Gasteiger partial charge in [-0.05, 0) is 43.2 Å². The number of nitrogens with one attached hydrogen (secondary N) is 1. The normalized spacial score (nSPS) is 16.0. The monoisotopic (exact) mass is 484 g/mol. The van der Waals surface area contributed by atoms with Crippen LogP contribution in [0.3, 0.4) is 0 Å². The van der Waals surface area contributed by atoms with E-state index >= 15 is 0 Å². The van der Waals surface area contributed by atoms with Gasteiger partial charge in [-0.3, -0.25) is 9.78 Å². The Kier molecular flexibility index (Phi) is 8.09. The number of carbonyl (C=O) groups excluding carboxylic acids is 1. The molecule has 33 heavy (non-hydrogen) atoms. The quantitative estimate of drug-likeness (QED) is 0.623. The van der Waals surface area contributed by atoms with Crippen LogP contribution in [0.2, 0.25) is 0 Å². The number of hydrogen-bond donors (Lipinski definition) is 1. The molecule has 0 spiro atoms. The highest BCUT2D eigenvalue weighted by Gasteiger charge is 2.32. The van der Waals surface area contributed by atoms with Gasteiger partial charge in [0, 0.05) is 51.0 Å². The number of benzene rings is 1. The SMILES string of the molecule is CN(C(=O)CNS(=O)(=O)c1cccc(C(F)(F)F)c1)C1CCN(CCc2ccccn2)CC1. The Hall–Kier alpha value is -2.50. The molecule has 11 heteroatoms. The van der Waals surface area contributed by atoms with Gasteiger partial charge in [-0.2, -0.15) is 13.2 Å². The summed E-state index contributed by atoms with van der Waals surface area (Å²) in [5.74, 6) is -0.433. The second-order valence-corrected chi connectivity index (χ2v) is 9.77. The fourth-order valence-corrected chi connectivity index (χ4v) is 4.78. The third-order valence-electron chi connectivity index (χ3n) is 5.79. The molecule has 2 aromatic rings. The fourth-order valence-electron chi connectivity index (χ4n) is 3.76. The molecule has 1 aliphatic heterocycles. The maximum atomic E-state index is 12.9. The Bertz CT molecular complexity index is 1040. The number of alkyl halides is 3. The summed E-state index contributed by atoms with van der Waals surface area (Å²) in [4.78, 5) is 20.1. The van der Waals surface area contributed by atoms with Crippen molar-refractivity contribution in [1.29, 1.82) is 0 Å². The fraction of sp³-hybridized carbons (Fsp3) is 0.455. The van der Waals surface area contributed by atoms with E-state index in [0.29, 0.717) is 6.07 Å². The minimum absolute atomic E-state index is 0.0262.